The molecule has 2 aromatic carbocycles. The quantitative estimate of drug-likeness (QED) is 0.398. The number of aromatic nitrogens is 4. The van der Waals surface area contributed by atoms with Crippen LogP contribution in [0.15, 0.2) is 60.9 Å². The lowest BCUT2D eigenvalue weighted by Crippen LogP contribution is -2.02. The molecule has 5 heteroatoms. The molecule has 0 saturated heterocycles. The standard InChI is InChI=1S/C24H21FN4/c1-14(2)29-15(3)28-23-21(25)10-17(11-22(23)29)20-13-27-24-19(20)9-18(12-26-24)16-7-5-4-6-8-16/h4-14H,1-3H3,(H,26,27). The van der Waals surface area contributed by atoms with Crippen molar-refractivity contribution in [2.75, 3.05) is 0 Å². The normalized spacial score (nSPS) is 11.8. The number of nitrogens with one attached hydrogen (secondary N) is 1. The molecular weight excluding hydrogens is 363 g/mol. The highest BCUT2D eigenvalue weighted by Crippen LogP contribution is 2.34. The van der Waals surface area contributed by atoms with Crippen molar-refractivity contribution in [1.29, 1.82) is 0 Å². The van der Waals surface area contributed by atoms with E-state index in [0.29, 0.717) is 5.52 Å². The molecule has 0 atom stereocenters. The van der Waals surface area contributed by atoms with Crippen LogP contribution in [0.3, 0.4) is 0 Å². The van der Waals surface area contributed by atoms with E-state index >= 15 is 0 Å². The van der Waals surface area contributed by atoms with Gasteiger partial charge in [-0.05, 0) is 50.1 Å². The van der Waals surface area contributed by atoms with Crippen molar-refractivity contribution in [2.24, 2.45) is 0 Å². The maximum absolute atomic E-state index is 14.9. The SMILES string of the molecule is Cc1nc2c(F)cc(-c3c[nH]c4ncc(-c5ccccc5)cc34)cc2n1C(C)C. The zero-order chi connectivity index (χ0) is 20.1. The first kappa shape index (κ1) is 17.6. The minimum atomic E-state index is -0.304. The predicted molar refractivity (Wildman–Crippen MR) is 115 cm³/mol. The summed E-state index contributed by atoms with van der Waals surface area (Å²) in [7, 11) is 0. The fourth-order valence-electron chi connectivity index (χ4n) is 4.11. The number of fused-ring (bicyclic) bond motifs is 2. The van der Waals surface area contributed by atoms with Gasteiger partial charge in [-0.25, -0.2) is 14.4 Å². The molecule has 0 bridgehead atoms. The van der Waals surface area contributed by atoms with Gasteiger partial charge in [0.15, 0.2) is 5.82 Å². The summed E-state index contributed by atoms with van der Waals surface area (Å²) < 4.78 is 17.0. The van der Waals surface area contributed by atoms with Crippen molar-refractivity contribution in [2.45, 2.75) is 26.8 Å². The Balaban J connectivity index is 1.73. The third-order valence-corrected chi connectivity index (χ3v) is 5.39. The Hall–Kier alpha value is -3.47. The van der Waals surface area contributed by atoms with E-state index in [-0.39, 0.29) is 11.9 Å². The Morgan fingerprint density at radius 1 is 1.00 bits per heavy atom. The third-order valence-electron chi connectivity index (χ3n) is 5.39. The Labute approximate surface area is 168 Å². The van der Waals surface area contributed by atoms with Crippen molar-refractivity contribution in [3.05, 3.63) is 72.6 Å². The molecule has 0 radical (unpaired) electrons. The van der Waals surface area contributed by atoms with Crippen molar-refractivity contribution in [3.8, 4) is 22.3 Å². The number of rotatable bonds is 3. The first-order valence-electron chi connectivity index (χ1n) is 9.74. The summed E-state index contributed by atoms with van der Waals surface area (Å²) in [6, 6.07) is 16.0. The van der Waals surface area contributed by atoms with Crippen molar-refractivity contribution in [1.82, 2.24) is 19.5 Å². The van der Waals surface area contributed by atoms with Crippen LogP contribution in [-0.4, -0.2) is 19.5 Å². The van der Waals surface area contributed by atoms with E-state index in [4.69, 9.17) is 0 Å². The smallest absolute Gasteiger partial charge is 0.151 e. The van der Waals surface area contributed by atoms with Crippen LogP contribution in [0.5, 0.6) is 0 Å². The number of imidazole rings is 1. The van der Waals surface area contributed by atoms with Gasteiger partial charge in [0.2, 0.25) is 0 Å². The molecule has 3 heterocycles. The van der Waals surface area contributed by atoms with Gasteiger partial charge in [0.05, 0.1) is 5.52 Å². The van der Waals surface area contributed by atoms with Crippen LogP contribution in [-0.2, 0) is 0 Å². The Morgan fingerprint density at radius 2 is 1.79 bits per heavy atom. The highest BCUT2D eigenvalue weighted by Gasteiger charge is 2.17. The van der Waals surface area contributed by atoms with Crippen molar-refractivity contribution < 1.29 is 4.39 Å². The number of aromatic amines is 1. The summed E-state index contributed by atoms with van der Waals surface area (Å²) in [4.78, 5) is 12.2. The number of nitrogens with zero attached hydrogens (tertiary/aromatic N) is 3. The predicted octanol–water partition coefficient (Wildman–Crippen LogP) is 6.28. The van der Waals surface area contributed by atoms with E-state index < -0.39 is 0 Å². The highest BCUT2D eigenvalue weighted by molar-refractivity contribution is 5.97. The lowest BCUT2D eigenvalue weighted by atomic mass is 10.0. The minimum Gasteiger partial charge on any atom is -0.346 e. The lowest BCUT2D eigenvalue weighted by molar-refractivity contribution is 0.600. The van der Waals surface area contributed by atoms with Crippen LogP contribution >= 0.6 is 0 Å². The fourth-order valence-corrected chi connectivity index (χ4v) is 4.11. The molecule has 1 N–H and O–H groups in total. The topological polar surface area (TPSA) is 46.5 Å². The summed E-state index contributed by atoms with van der Waals surface area (Å²) in [5.74, 6) is 0.513. The number of pyridine rings is 1. The molecule has 5 aromatic rings. The molecule has 0 aliphatic rings. The number of hydrogen-bond acceptors (Lipinski definition) is 2. The molecule has 0 aliphatic carbocycles. The molecule has 0 fully saturated rings. The minimum absolute atomic E-state index is 0.198. The van der Waals surface area contributed by atoms with Gasteiger partial charge >= 0.3 is 0 Å². The van der Waals surface area contributed by atoms with E-state index in [1.165, 1.54) is 0 Å². The highest BCUT2D eigenvalue weighted by atomic mass is 19.1. The van der Waals surface area contributed by atoms with E-state index in [1.54, 1.807) is 6.07 Å². The van der Waals surface area contributed by atoms with Crippen LogP contribution in [0.2, 0.25) is 0 Å². The van der Waals surface area contributed by atoms with Gasteiger partial charge in [-0.1, -0.05) is 30.3 Å². The largest absolute Gasteiger partial charge is 0.346 e. The average molecular weight is 384 g/mol. The Kier molecular flexibility index (Phi) is 3.98. The lowest BCUT2D eigenvalue weighted by Gasteiger charge is -2.11. The molecule has 5 rings (SSSR count). The number of H-pyrrole nitrogens is 1. The molecule has 0 spiro atoms. The van der Waals surface area contributed by atoms with Crippen molar-refractivity contribution >= 4 is 22.1 Å². The van der Waals surface area contributed by atoms with Gasteiger partial charge < -0.3 is 9.55 Å². The summed E-state index contributed by atoms with van der Waals surface area (Å²) >= 11 is 0. The van der Waals surface area contributed by atoms with E-state index in [2.05, 4.69) is 51.6 Å². The van der Waals surface area contributed by atoms with Crippen LogP contribution in [0.1, 0.15) is 25.7 Å². The second-order valence-electron chi connectivity index (χ2n) is 7.64. The summed E-state index contributed by atoms with van der Waals surface area (Å²) in [6.45, 7) is 6.09. The molecule has 144 valence electrons. The van der Waals surface area contributed by atoms with Crippen LogP contribution < -0.4 is 0 Å². The molecule has 29 heavy (non-hydrogen) atoms. The van der Waals surface area contributed by atoms with Gasteiger partial charge in [0.1, 0.15) is 17.0 Å². The van der Waals surface area contributed by atoms with Crippen LogP contribution in [0.4, 0.5) is 4.39 Å². The molecule has 3 aromatic heterocycles. The number of benzene rings is 2. The zero-order valence-corrected chi connectivity index (χ0v) is 16.6. The Bertz CT molecular complexity index is 1350. The second kappa shape index (κ2) is 6.55. The summed E-state index contributed by atoms with van der Waals surface area (Å²) in [5.41, 5.74) is 5.90. The number of hydrogen-bond donors (Lipinski definition) is 1. The second-order valence-corrected chi connectivity index (χ2v) is 7.64. The maximum atomic E-state index is 14.9. The van der Waals surface area contributed by atoms with Gasteiger partial charge in [-0.15, -0.1) is 0 Å². The fraction of sp³-hybridized carbons (Fsp3) is 0.167. The van der Waals surface area contributed by atoms with E-state index in [0.717, 1.165) is 44.6 Å². The van der Waals surface area contributed by atoms with Crippen LogP contribution in [0, 0.1) is 12.7 Å². The third kappa shape index (κ3) is 2.81. The molecule has 4 nitrogen and oxygen atoms in total. The monoisotopic (exact) mass is 384 g/mol. The first-order valence-corrected chi connectivity index (χ1v) is 9.74. The maximum Gasteiger partial charge on any atom is 0.151 e. The number of aryl methyl sites for hydroxylation is 1. The molecule has 0 amide bonds. The first-order chi connectivity index (χ1) is 14.0. The van der Waals surface area contributed by atoms with Gasteiger partial charge in [-0.3, -0.25) is 0 Å². The van der Waals surface area contributed by atoms with E-state index in [1.807, 2.05) is 43.6 Å². The number of halogens is 1. The van der Waals surface area contributed by atoms with E-state index in [9.17, 15) is 4.39 Å². The van der Waals surface area contributed by atoms with Gasteiger partial charge in [0, 0.05) is 34.9 Å². The van der Waals surface area contributed by atoms with Crippen molar-refractivity contribution in [3.63, 3.8) is 0 Å². The molecule has 0 unspecified atom stereocenters. The van der Waals surface area contributed by atoms with Gasteiger partial charge in [0.25, 0.3) is 0 Å². The van der Waals surface area contributed by atoms with Gasteiger partial charge in [-0.2, -0.15) is 0 Å². The molecule has 0 aliphatic heterocycles. The summed E-state index contributed by atoms with van der Waals surface area (Å²) in [6.07, 6.45) is 3.76. The zero-order valence-electron chi connectivity index (χ0n) is 16.6. The average Bonchev–Trinajstić information content (AvgIpc) is 3.28. The Morgan fingerprint density at radius 3 is 2.55 bits per heavy atom. The van der Waals surface area contributed by atoms with Crippen LogP contribution in [0.25, 0.3) is 44.3 Å². The summed E-state index contributed by atoms with van der Waals surface area (Å²) in [5, 5.41) is 0.970. The molecular formula is C24H21FN4. The molecule has 0 saturated carbocycles.